The molecule has 33 heavy (non-hydrogen) atoms. The summed E-state index contributed by atoms with van der Waals surface area (Å²) in [6.45, 7) is 0. The van der Waals surface area contributed by atoms with Gasteiger partial charge in [-0.15, -0.1) is 11.3 Å². The number of carbonyl (C=O) groups excluding carboxylic acids is 1. The Labute approximate surface area is 193 Å². The summed E-state index contributed by atoms with van der Waals surface area (Å²) in [5.41, 5.74) is -1.28. The fraction of sp³-hybridized carbons (Fsp3) is 0.0455. The topological polar surface area (TPSA) is 84.2 Å². The van der Waals surface area contributed by atoms with Crippen LogP contribution in [0.3, 0.4) is 0 Å². The third-order valence-corrected chi connectivity index (χ3v) is 5.82. The molecular weight excluding hydrogens is 479 g/mol. The fourth-order valence-electron chi connectivity index (χ4n) is 3.23. The van der Waals surface area contributed by atoms with Gasteiger partial charge in [-0.1, -0.05) is 41.9 Å². The number of nitrogens with zero attached hydrogens (tertiary/aromatic N) is 2. The molecule has 0 aliphatic heterocycles. The molecule has 0 fully saturated rings. The lowest BCUT2D eigenvalue weighted by atomic mass is 10.0. The Morgan fingerprint density at radius 2 is 1.73 bits per heavy atom. The van der Waals surface area contributed by atoms with Crippen molar-refractivity contribution >= 4 is 39.8 Å². The SMILES string of the molecule is O=C(Nc1scc(-c2ccc(Cl)cc2)c1C(=O)O)c1cnn(-c2ccccc2)c1C(F)(F)F. The van der Waals surface area contributed by atoms with E-state index in [2.05, 4.69) is 10.4 Å². The van der Waals surface area contributed by atoms with Gasteiger partial charge in [0.15, 0.2) is 5.69 Å². The van der Waals surface area contributed by atoms with E-state index in [0.717, 1.165) is 17.5 Å². The third-order valence-electron chi connectivity index (χ3n) is 4.67. The number of hydrogen-bond donors (Lipinski definition) is 2. The predicted octanol–water partition coefficient (Wildman–Crippen LogP) is 6.22. The molecule has 4 aromatic rings. The molecule has 0 spiro atoms. The molecule has 0 atom stereocenters. The molecule has 4 rings (SSSR count). The Morgan fingerprint density at radius 1 is 1.06 bits per heavy atom. The molecule has 168 valence electrons. The minimum atomic E-state index is -4.89. The van der Waals surface area contributed by atoms with Gasteiger partial charge in [-0.25, -0.2) is 9.48 Å². The summed E-state index contributed by atoms with van der Waals surface area (Å²) in [6, 6.07) is 13.9. The average Bonchev–Trinajstić information content (AvgIpc) is 3.40. The molecular formula is C22H13ClF3N3O3S. The molecule has 2 heterocycles. The van der Waals surface area contributed by atoms with Gasteiger partial charge in [0.05, 0.1) is 17.4 Å². The number of hydrogen-bond acceptors (Lipinski definition) is 4. The van der Waals surface area contributed by atoms with Crippen molar-refractivity contribution in [3.63, 3.8) is 0 Å². The summed E-state index contributed by atoms with van der Waals surface area (Å²) < 4.78 is 42.2. The Kier molecular flexibility index (Phi) is 5.96. The first-order valence-corrected chi connectivity index (χ1v) is 10.6. The quantitative estimate of drug-likeness (QED) is 0.347. The maximum Gasteiger partial charge on any atom is 0.434 e. The maximum absolute atomic E-state index is 13.8. The lowest BCUT2D eigenvalue weighted by Crippen LogP contribution is -2.21. The van der Waals surface area contributed by atoms with Crippen molar-refractivity contribution in [3.8, 4) is 16.8 Å². The van der Waals surface area contributed by atoms with Gasteiger partial charge in [-0.05, 0) is 29.8 Å². The number of carbonyl (C=O) groups is 2. The number of carboxylic acid groups (broad SMARTS) is 1. The van der Waals surface area contributed by atoms with Crippen molar-refractivity contribution in [2.75, 3.05) is 5.32 Å². The monoisotopic (exact) mass is 491 g/mol. The van der Waals surface area contributed by atoms with Gasteiger partial charge in [-0.2, -0.15) is 18.3 Å². The highest BCUT2D eigenvalue weighted by molar-refractivity contribution is 7.15. The highest BCUT2D eigenvalue weighted by Crippen LogP contribution is 2.38. The molecule has 1 amide bonds. The number of para-hydroxylation sites is 1. The fourth-order valence-corrected chi connectivity index (χ4v) is 4.31. The number of alkyl halides is 3. The zero-order chi connectivity index (χ0) is 23.8. The molecule has 2 N–H and O–H groups in total. The largest absolute Gasteiger partial charge is 0.478 e. The summed E-state index contributed by atoms with van der Waals surface area (Å²) >= 11 is 6.76. The minimum absolute atomic E-state index is 0.0990. The molecule has 0 radical (unpaired) electrons. The van der Waals surface area contributed by atoms with E-state index in [1.165, 1.54) is 17.5 Å². The van der Waals surface area contributed by atoms with Gasteiger partial charge in [0.1, 0.15) is 10.6 Å². The van der Waals surface area contributed by atoms with Gasteiger partial charge >= 0.3 is 12.1 Å². The molecule has 0 aliphatic carbocycles. The Morgan fingerprint density at radius 3 is 2.33 bits per heavy atom. The summed E-state index contributed by atoms with van der Waals surface area (Å²) in [5.74, 6) is -2.47. The van der Waals surface area contributed by atoms with Crippen LogP contribution in [0.4, 0.5) is 18.2 Å². The van der Waals surface area contributed by atoms with Crippen LogP contribution in [-0.2, 0) is 6.18 Å². The van der Waals surface area contributed by atoms with E-state index in [1.54, 1.807) is 42.5 Å². The molecule has 0 saturated carbocycles. The number of aromatic carboxylic acids is 1. The lowest BCUT2D eigenvalue weighted by molar-refractivity contribution is -0.143. The van der Waals surface area contributed by atoms with Crippen LogP contribution in [0.2, 0.25) is 5.02 Å². The van der Waals surface area contributed by atoms with Crippen LogP contribution in [0.25, 0.3) is 16.8 Å². The first-order valence-electron chi connectivity index (χ1n) is 9.29. The van der Waals surface area contributed by atoms with Crippen LogP contribution in [-0.4, -0.2) is 26.8 Å². The number of amides is 1. The normalized spacial score (nSPS) is 11.4. The highest BCUT2D eigenvalue weighted by atomic mass is 35.5. The minimum Gasteiger partial charge on any atom is -0.478 e. The molecule has 2 aromatic heterocycles. The van der Waals surface area contributed by atoms with Gasteiger partial charge in [0.25, 0.3) is 5.91 Å². The molecule has 0 unspecified atom stereocenters. The zero-order valence-electron chi connectivity index (χ0n) is 16.4. The van der Waals surface area contributed by atoms with Crippen molar-refractivity contribution < 1.29 is 27.9 Å². The van der Waals surface area contributed by atoms with Crippen LogP contribution in [0.1, 0.15) is 26.4 Å². The number of nitrogens with one attached hydrogen (secondary N) is 1. The van der Waals surface area contributed by atoms with E-state index in [4.69, 9.17) is 11.6 Å². The second kappa shape index (κ2) is 8.72. The molecule has 0 bridgehead atoms. The van der Waals surface area contributed by atoms with Crippen molar-refractivity contribution in [2.24, 2.45) is 0 Å². The van der Waals surface area contributed by atoms with E-state index in [0.29, 0.717) is 20.8 Å². The second-order valence-electron chi connectivity index (χ2n) is 6.77. The van der Waals surface area contributed by atoms with Crippen molar-refractivity contribution in [3.05, 3.63) is 88.0 Å². The molecule has 2 aromatic carbocycles. The number of halogens is 4. The summed E-state index contributed by atoms with van der Waals surface area (Å²) in [5, 5.41) is 17.6. The zero-order valence-corrected chi connectivity index (χ0v) is 18.0. The van der Waals surface area contributed by atoms with Crippen molar-refractivity contribution in [1.82, 2.24) is 9.78 Å². The van der Waals surface area contributed by atoms with Crippen LogP contribution in [0, 0.1) is 0 Å². The molecule has 0 saturated heterocycles. The van der Waals surface area contributed by atoms with Crippen molar-refractivity contribution in [2.45, 2.75) is 6.18 Å². The smallest absolute Gasteiger partial charge is 0.434 e. The van der Waals surface area contributed by atoms with Gasteiger partial charge in [-0.3, -0.25) is 4.79 Å². The molecule has 0 aliphatic rings. The number of aromatic nitrogens is 2. The second-order valence-corrected chi connectivity index (χ2v) is 8.09. The van der Waals surface area contributed by atoms with Crippen LogP contribution in [0.5, 0.6) is 0 Å². The van der Waals surface area contributed by atoms with Crippen LogP contribution >= 0.6 is 22.9 Å². The average molecular weight is 492 g/mol. The Bertz CT molecular complexity index is 1330. The number of rotatable bonds is 5. The van der Waals surface area contributed by atoms with E-state index < -0.39 is 29.3 Å². The third kappa shape index (κ3) is 4.48. The number of anilines is 1. The summed E-state index contributed by atoms with van der Waals surface area (Å²) in [4.78, 5) is 24.7. The molecule has 6 nitrogen and oxygen atoms in total. The van der Waals surface area contributed by atoms with Gasteiger partial charge < -0.3 is 10.4 Å². The first kappa shape index (κ1) is 22.6. The Hall–Kier alpha value is -3.63. The van der Waals surface area contributed by atoms with Gasteiger partial charge in [0, 0.05) is 16.0 Å². The predicted molar refractivity (Wildman–Crippen MR) is 118 cm³/mol. The first-order chi connectivity index (χ1) is 15.7. The van der Waals surface area contributed by atoms with Crippen LogP contribution in [0.15, 0.2) is 66.2 Å². The molecule has 11 heteroatoms. The maximum atomic E-state index is 13.8. The van der Waals surface area contributed by atoms with E-state index in [1.807, 2.05) is 0 Å². The van der Waals surface area contributed by atoms with Crippen molar-refractivity contribution in [1.29, 1.82) is 0 Å². The van der Waals surface area contributed by atoms with E-state index in [9.17, 15) is 27.9 Å². The summed E-state index contributed by atoms with van der Waals surface area (Å²) in [7, 11) is 0. The number of benzene rings is 2. The standard InChI is InChI=1S/C22H13ClF3N3O3S/c23-13-8-6-12(7-9-13)16-11-33-20(17(16)21(31)32)28-19(30)15-10-27-29(18(15)22(24,25)26)14-4-2-1-3-5-14/h1-11H,(H,28,30)(H,31,32). The Balaban J connectivity index is 1.73. The lowest BCUT2D eigenvalue weighted by Gasteiger charge is -2.13. The van der Waals surface area contributed by atoms with Crippen LogP contribution < -0.4 is 5.32 Å². The van der Waals surface area contributed by atoms with E-state index in [-0.39, 0.29) is 16.3 Å². The summed E-state index contributed by atoms with van der Waals surface area (Å²) in [6.07, 6.45) is -4.09. The highest BCUT2D eigenvalue weighted by Gasteiger charge is 2.41. The number of thiophene rings is 1. The van der Waals surface area contributed by atoms with Gasteiger partial charge in [0.2, 0.25) is 0 Å². The van der Waals surface area contributed by atoms with E-state index >= 15 is 0 Å². The number of carboxylic acids is 1.